The molecule has 5 nitrogen and oxygen atoms in total. The smallest absolute Gasteiger partial charge is 0.241 e. The van der Waals surface area contributed by atoms with E-state index in [0.29, 0.717) is 11.8 Å². The summed E-state index contributed by atoms with van der Waals surface area (Å²) >= 11 is 1.52. The molecule has 0 aliphatic heterocycles. The van der Waals surface area contributed by atoms with E-state index in [1.54, 1.807) is 20.0 Å². The molecule has 0 radical (unpaired) electrons. The van der Waals surface area contributed by atoms with Gasteiger partial charge >= 0.3 is 0 Å². The first-order valence-electron chi connectivity index (χ1n) is 8.21. The van der Waals surface area contributed by atoms with E-state index in [1.165, 1.54) is 16.7 Å². The number of amides is 2. The number of rotatable bonds is 7. The number of hydrogen-bond acceptors (Lipinski definition) is 4. The zero-order valence-corrected chi connectivity index (χ0v) is 16.1. The molecule has 0 fully saturated rings. The lowest BCUT2D eigenvalue weighted by atomic mass is 10.2. The van der Waals surface area contributed by atoms with Gasteiger partial charge in [-0.3, -0.25) is 14.5 Å². The van der Waals surface area contributed by atoms with Crippen LogP contribution in [0.5, 0.6) is 0 Å². The quantitative estimate of drug-likeness (QED) is 0.706. The van der Waals surface area contributed by atoms with Gasteiger partial charge in [0.05, 0.1) is 24.0 Å². The van der Waals surface area contributed by atoms with E-state index in [-0.39, 0.29) is 18.1 Å². The van der Waals surface area contributed by atoms with Crippen LogP contribution in [0.4, 0.5) is 20.2 Å². The topological polar surface area (TPSA) is 61.4 Å². The molecular weight excluding hydrogens is 372 g/mol. The summed E-state index contributed by atoms with van der Waals surface area (Å²) in [6, 6.07) is 9.62. The number of nitrogens with zero attached hydrogens (tertiary/aromatic N) is 1. The standard InChI is InChI=1S/C19H21F2N3O2S/c1-12(19(26)23-15-9-8-13(20)10-14(15)21)24(2)11-18(25)22-16-6-4-5-7-17(16)27-3/h4-10,12H,11H2,1-3H3,(H,22,25)(H,23,26). The SMILES string of the molecule is CSc1ccccc1NC(=O)CN(C)C(C)C(=O)Nc1ccc(F)cc1F. The molecule has 0 saturated heterocycles. The Bertz CT molecular complexity index is 832. The summed E-state index contributed by atoms with van der Waals surface area (Å²) in [4.78, 5) is 27.0. The Morgan fingerprint density at radius 3 is 2.48 bits per heavy atom. The Kier molecular flexibility index (Phi) is 7.32. The second-order valence-corrected chi connectivity index (χ2v) is 6.80. The second-order valence-electron chi connectivity index (χ2n) is 5.95. The van der Waals surface area contributed by atoms with Crippen molar-refractivity contribution >= 4 is 35.0 Å². The van der Waals surface area contributed by atoms with Gasteiger partial charge in [-0.15, -0.1) is 11.8 Å². The van der Waals surface area contributed by atoms with E-state index in [9.17, 15) is 18.4 Å². The highest BCUT2D eigenvalue weighted by Gasteiger charge is 2.21. The fraction of sp³-hybridized carbons (Fsp3) is 0.263. The second kappa shape index (κ2) is 9.48. The molecule has 1 unspecified atom stereocenters. The molecule has 0 aliphatic carbocycles. The minimum absolute atomic E-state index is 0.0246. The van der Waals surface area contributed by atoms with Crippen LogP contribution >= 0.6 is 11.8 Å². The maximum atomic E-state index is 13.7. The molecule has 2 aromatic rings. The molecule has 144 valence electrons. The number of nitrogens with one attached hydrogen (secondary N) is 2. The molecule has 0 spiro atoms. The van der Waals surface area contributed by atoms with Gasteiger partial charge in [0, 0.05) is 11.0 Å². The summed E-state index contributed by atoms with van der Waals surface area (Å²) in [5.74, 6) is -2.35. The van der Waals surface area contributed by atoms with Crippen molar-refractivity contribution in [2.75, 3.05) is 30.5 Å². The first-order chi connectivity index (χ1) is 12.8. The van der Waals surface area contributed by atoms with E-state index < -0.39 is 23.6 Å². The summed E-state index contributed by atoms with van der Waals surface area (Å²) in [6.45, 7) is 1.57. The minimum atomic E-state index is -0.857. The number of likely N-dealkylation sites (N-methyl/N-ethyl adjacent to an activating group) is 1. The molecule has 2 rings (SSSR count). The first kappa shape index (κ1) is 20.9. The van der Waals surface area contributed by atoms with Crippen molar-refractivity contribution in [3.63, 3.8) is 0 Å². The maximum absolute atomic E-state index is 13.7. The van der Waals surface area contributed by atoms with Gasteiger partial charge in [-0.2, -0.15) is 0 Å². The first-order valence-corrected chi connectivity index (χ1v) is 9.43. The number of halogens is 2. The number of carbonyl (C=O) groups excluding carboxylic acids is 2. The molecule has 0 bridgehead atoms. The van der Waals surface area contributed by atoms with E-state index in [4.69, 9.17) is 0 Å². The Labute approximate surface area is 161 Å². The lowest BCUT2D eigenvalue weighted by Gasteiger charge is -2.23. The zero-order valence-electron chi connectivity index (χ0n) is 15.3. The Morgan fingerprint density at radius 1 is 1.11 bits per heavy atom. The van der Waals surface area contributed by atoms with Crippen LogP contribution in [-0.2, 0) is 9.59 Å². The lowest BCUT2D eigenvalue weighted by Crippen LogP contribution is -2.43. The Hall–Kier alpha value is -2.45. The van der Waals surface area contributed by atoms with Crippen molar-refractivity contribution in [1.82, 2.24) is 4.90 Å². The fourth-order valence-electron chi connectivity index (χ4n) is 2.33. The van der Waals surface area contributed by atoms with Gasteiger partial charge in [0.15, 0.2) is 0 Å². The van der Waals surface area contributed by atoms with Gasteiger partial charge in [0.25, 0.3) is 0 Å². The van der Waals surface area contributed by atoms with Crippen molar-refractivity contribution in [2.45, 2.75) is 17.9 Å². The molecule has 2 aromatic carbocycles. The molecule has 0 saturated carbocycles. The van der Waals surface area contributed by atoms with Gasteiger partial charge in [-0.05, 0) is 44.5 Å². The summed E-state index contributed by atoms with van der Waals surface area (Å²) in [5.41, 5.74) is 0.592. The molecule has 0 heterocycles. The summed E-state index contributed by atoms with van der Waals surface area (Å²) < 4.78 is 26.6. The monoisotopic (exact) mass is 393 g/mol. The normalized spacial score (nSPS) is 11.9. The maximum Gasteiger partial charge on any atom is 0.241 e. The number of thioether (sulfide) groups is 1. The highest BCUT2D eigenvalue weighted by Crippen LogP contribution is 2.24. The predicted octanol–water partition coefficient (Wildman–Crippen LogP) is 3.58. The number of carbonyl (C=O) groups is 2. The molecule has 2 amide bonds. The molecule has 2 N–H and O–H groups in total. The molecule has 27 heavy (non-hydrogen) atoms. The highest BCUT2D eigenvalue weighted by molar-refractivity contribution is 7.98. The molecule has 8 heteroatoms. The van der Waals surface area contributed by atoms with Crippen LogP contribution in [0.3, 0.4) is 0 Å². The average molecular weight is 393 g/mol. The summed E-state index contributed by atoms with van der Waals surface area (Å²) in [6.07, 6.45) is 1.91. The fourth-order valence-corrected chi connectivity index (χ4v) is 2.88. The van der Waals surface area contributed by atoms with Gasteiger partial charge in [-0.1, -0.05) is 12.1 Å². The largest absolute Gasteiger partial charge is 0.324 e. The van der Waals surface area contributed by atoms with Gasteiger partial charge in [-0.25, -0.2) is 8.78 Å². The molecule has 1 atom stereocenters. The van der Waals surface area contributed by atoms with Gasteiger partial charge in [0.2, 0.25) is 11.8 Å². The third-order valence-electron chi connectivity index (χ3n) is 4.00. The van der Waals surface area contributed by atoms with Crippen LogP contribution in [0.15, 0.2) is 47.4 Å². The Morgan fingerprint density at radius 2 is 1.81 bits per heavy atom. The predicted molar refractivity (Wildman–Crippen MR) is 104 cm³/mol. The molecule has 0 aromatic heterocycles. The van der Waals surface area contributed by atoms with E-state index in [1.807, 2.05) is 24.5 Å². The van der Waals surface area contributed by atoms with Gasteiger partial charge < -0.3 is 10.6 Å². The Balaban J connectivity index is 1.94. The van der Waals surface area contributed by atoms with E-state index in [2.05, 4.69) is 10.6 Å². The number of anilines is 2. The third-order valence-corrected chi connectivity index (χ3v) is 4.80. The third kappa shape index (κ3) is 5.77. The summed E-state index contributed by atoms with van der Waals surface area (Å²) in [5, 5.41) is 5.22. The van der Waals surface area contributed by atoms with E-state index in [0.717, 1.165) is 17.0 Å². The zero-order chi connectivity index (χ0) is 20.0. The summed E-state index contributed by atoms with van der Waals surface area (Å²) in [7, 11) is 1.62. The average Bonchev–Trinajstić information content (AvgIpc) is 2.63. The van der Waals surface area contributed by atoms with Crippen LogP contribution in [0.2, 0.25) is 0 Å². The minimum Gasteiger partial charge on any atom is -0.324 e. The lowest BCUT2D eigenvalue weighted by molar-refractivity contribution is -0.122. The van der Waals surface area contributed by atoms with Gasteiger partial charge in [0.1, 0.15) is 11.6 Å². The number of para-hydroxylation sites is 1. The van der Waals surface area contributed by atoms with Crippen LogP contribution in [0, 0.1) is 11.6 Å². The number of hydrogen-bond donors (Lipinski definition) is 2. The van der Waals surface area contributed by atoms with Crippen molar-refractivity contribution in [3.05, 3.63) is 54.1 Å². The number of benzene rings is 2. The van der Waals surface area contributed by atoms with Crippen LogP contribution in [0.1, 0.15) is 6.92 Å². The molecule has 0 aliphatic rings. The van der Waals surface area contributed by atoms with Crippen LogP contribution < -0.4 is 10.6 Å². The van der Waals surface area contributed by atoms with Crippen molar-refractivity contribution in [2.24, 2.45) is 0 Å². The van der Waals surface area contributed by atoms with Crippen LogP contribution in [-0.4, -0.2) is 42.6 Å². The van der Waals surface area contributed by atoms with E-state index >= 15 is 0 Å². The molecular formula is C19H21F2N3O2S. The van der Waals surface area contributed by atoms with Crippen LogP contribution in [0.25, 0.3) is 0 Å². The van der Waals surface area contributed by atoms with Crippen molar-refractivity contribution in [3.8, 4) is 0 Å². The van der Waals surface area contributed by atoms with Crippen molar-refractivity contribution in [1.29, 1.82) is 0 Å². The van der Waals surface area contributed by atoms with Crippen molar-refractivity contribution < 1.29 is 18.4 Å². The highest BCUT2D eigenvalue weighted by atomic mass is 32.2.